The van der Waals surface area contributed by atoms with E-state index in [1.807, 2.05) is 26.8 Å². The molecule has 0 N–H and O–H groups in total. The minimum Gasteiger partial charge on any atom is -0.465 e. The first-order chi connectivity index (χ1) is 9.04. The summed E-state index contributed by atoms with van der Waals surface area (Å²) in [7, 11) is 0. The molecule has 0 aliphatic heterocycles. The third-order valence-corrected chi connectivity index (χ3v) is 2.95. The minimum atomic E-state index is -0.431. The predicted octanol–water partition coefficient (Wildman–Crippen LogP) is 1.74. The quantitative estimate of drug-likeness (QED) is 0.785. The van der Waals surface area contributed by atoms with Crippen LogP contribution in [0, 0.1) is 12.8 Å². The number of ether oxygens (including phenoxy) is 1. The smallest absolute Gasteiger partial charge is 0.316 e. The van der Waals surface area contributed by atoms with Crippen LogP contribution in [-0.2, 0) is 9.53 Å². The molecule has 2 aromatic heterocycles. The van der Waals surface area contributed by atoms with E-state index in [-0.39, 0.29) is 11.9 Å². The van der Waals surface area contributed by atoms with Crippen molar-refractivity contribution in [2.75, 3.05) is 6.61 Å². The van der Waals surface area contributed by atoms with Crippen molar-refractivity contribution in [1.29, 1.82) is 0 Å². The van der Waals surface area contributed by atoms with Crippen molar-refractivity contribution in [1.82, 2.24) is 19.6 Å². The molecule has 0 aromatic carbocycles. The fourth-order valence-electron chi connectivity index (χ4n) is 2.03. The Kier molecular flexibility index (Phi) is 3.78. The van der Waals surface area contributed by atoms with E-state index in [2.05, 4.69) is 15.2 Å². The zero-order valence-electron chi connectivity index (χ0n) is 11.6. The Morgan fingerprint density at radius 1 is 1.42 bits per heavy atom. The number of fused-ring (bicyclic) bond motifs is 1. The van der Waals surface area contributed by atoms with Crippen LogP contribution >= 0.6 is 0 Å². The van der Waals surface area contributed by atoms with E-state index < -0.39 is 5.92 Å². The molecule has 0 bridgehead atoms. The van der Waals surface area contributed by atoms with Gasteiger partial charge in [0.2, 0.25) is 0 Å². The Bertz CT molecular complexity index is 591. The molecular weight excluding hydrogens is 244 g/mol. The van der Waals surface area contributed by atoms with Gasteiger partial charge in [-0.25, -0.2) is 4.98 Å². The number of carbonyl (C=O) groups excluding carboxylic acids is 1. The molecule has 1 atom stereocenters. The SMILES string of the molecule is CCOC(=O)C(c1nnc2cc(C)ncn12)C(C)C. The Morgan fingerprint density at radius 2 is 2.16 bits per heavy atom. The van der Waals surface area contributed by atoms with Gasteiger partial charge in [-0.05, 0) is 19.8 Å². The van der Waals surface area contributed by atoms with Crippen LogP contribution in [0.5, 0.6) is 0 Å². The van der Waals surface area contributed by atoms with Crippen LogP contribution in [0.15, 0.2) is 12.4 Å². The molecule has 0 spiro atoms. The van der Waals surface area contributed by atoms with Crippen molar-refractivity contribution in [3.63, 3.8) is 0 Å². The van der Waals surface area contributed by atoms with Gasteiger partial charge in [0.1, 0.15) is 12.2 Å². The normalized spacial score (nSPS) is 12.9. The van der Waals surface area contributed by atoms with Gasteiger partial charge in [-0.3, -0.25) is 9.20 Å². The number of aromatic nitrogens is 4. The van der Waals surface area contributed by atoms with Crippen LogP contribution in [0.2, 0.25) is 0 Å². The van der Waals surface area contributed by atoms with Gasteiger partial charge >= 0.3 is 5.97 Å². The molecule has 2 heterocycles. The molecule has 0 saturated heterocycles. The van der Waals surface area contributed by atoms with Crippen molar-refractivity contribution in [2.45, 2.75) is 33.6 Å². The second-order valence-electron chi connectivity index (χ2n) is 4.79. The van der Waals surface area contributed by atoms with Crippen LogP contribution < -0.4 is 0 Å². The molecule has 2 rings (SSSR count). The summed E-state index contributed by atoms with van der Waals surface area (Å²) in [6, 6.07) is 1.83. The highest BCUT2D eigenvalue weighted by molar-refractivity contribution is 5.77. The second kappa shape index (κ2) is 5.34. The summed E-state index contributed by atoms with van der Waals surface area (Å²) in [6.07, 6.45) is 1.65. The first kappa shape index (κ1) is 13.5. The van der Waals surface area contributed by atoms with Gasteiger partial charge in [0.05, 0.1) is 6.61 Å². The summed E-state index contributed by atoms with van der Waals surface area (Å²) >= 11 is 0. The van der Waals surface area contributed by atoms with Gasteiger partial charge in [-0.1, -0.05) is 13.8 Å². The van der Waals surface area contributed by atoms with E-state index in [9.17, 15) is 4.79 Å². The van der Waals surface area contributed by atoms with E-state index >= 15 is 0 Å². The fraction of sp³-hybridized carbons (Fsp3) is 0.538. The summed E-state index contributed by atoms with van der Waals surface area (Å²) < 4.78 is 6.87. The lowest BCUT2D eigenvalue weighted by atomic mass is 9.95. The molecule has 0 radical (unpaired) electrons. The number of rotatable bonds is 4. The average Bonchev–Trinajstić information content (AvgIpc) is 2.72. The molecule has 0 amide bonds. The zero-order chi connectivity index (χ0) is 14.0. The molecular formula is C13H18N4O2. The lowest BCUT2D eigenvalue weighted by molar-refractivity contribution is -0.146. The molecule has 0 aliphatic carbocycles. The van der Waals surface area contributed by atoms with Gasteiger partial charge in [0.15, 0.2) is 11.5 Å². The van der Waals surface area contributed by atoms with Gasteiger partial charge < -0.3 is 4.74 Å². The molecule has 6 heteroatoms. The minimum absolute atomic E-state index is 0.0766. The highest BCUT2D eigenvalue weighted by Gasteiger charge is 2.30. The van der Waals surface area contributed by atoms with Gasteiger partial charge in [-0.2, -0.15) is 0 Å². The maximum Gasteiger partial charge on any atom is 0.316 e. The van der Waals surface area contributed by atoms with Crippen LogP contribution in [-0.4, -0.2) is 32.2 Å². The molecule has 1 unspecified atom stereocenters. The van der Waals surface area contributed by atoms with Crippen molar-refractivity contribution in [3.8, 4) is 0 Å². The summed E-state index contributed by atoms with van der Waals surface area (Å²) in [6.45, 7) is 7.96. The Balaban J connectivity index is 2.48. The maximum atomic E-state index is 12.1. The number of carbonyl (C=O) groups is 1. The highest BCUT2D eigenvalue weighted by atomic mass is 16.5. The third kappa shape index (κ3) is 2.57. The van der Waals surface area contributed by atoms with E-state index in [4.69, 9.17) is 4.74 Å². The molecule has 0 fully saturated rings. The number of nitrogens with zero attached hydrogens (tertiary/aromatic N) is 4. The molecule has 0 aliphatic rings. The predicted molar refractivity (Wildman–Crippen MR) is 69.7 cm³/mol. The Hall–Kier alpha value is -1.98. The third-order valence-electron chi connectivity index (χ3n) is 2.95. The Morgan fingerprint density at radius 3 is 2.79 bits per heavy atom. The van der Waals surface area contributed by atoms with E-state index in [0.717, 1.165) is 5.69 Å². The first-order valence-electron chi connectivity index (χ1n) is 6.38. The number of hydrogen-bond donors (Lipinski definition) is 0. The molecule has 6 nitrogen and oxygen atoms in total. The molecule has 0 saturated carbocycles. The lowest BCUT2D eigenvalue weighted by Crippen LogP contribution is -2.23. The molecule has 19 heavy (non-hydrogen) atoms. The number of aryl methyl sites for hydroxylation is 1. The lowest BCUT2D eigenvalue weighted by Gasteiger charge is -2.17. The first-order valence-corrected chi connectivity index (χ1v) is 6.38. The topological polar surface area (TPSA) is 69.4 Å². The second-order valence-corrected chi connectivity index (χ2v) is 4.79. The highest BCUT2D eigenvalue weighted by Crippen LogP contribution is 2.24. The van der Waals surface area contributed by atoms with E-state index in [1.54, 1.807) is 17.7 Å². The standard InChI is InChI=1S/C13H18N4O2/c1-5-19-13(18)11(8(2)3)12-16-15-10-6-9(4)14-7-17(10)12/h6-8,11H,5H2,1-4H3. The van der Waals surface area contributed by atoms with Crippen molar-refractivity contribution >= 4 is 11.6 Å². The van der Waals surface area contributed by atoms with Gasteiger partial charge in [0.25, 0.3) is 0 Å². The van der Waals surface area contributed by atoms with Crippen LogP contribution in [0.25, 0.3) is 5.65 Å². The summed E-state index contributed by atoms with van der Waals surface area (Å²) in [5.41, 5.74) is 1.56. The number of hydrogen-bond acceptors (Lipinski definition) is 5. The van der Waals surface area contributed by atoms with Gasteiger partial charge in [-0.15, -0.1) is 10.2 Å². The van der Waals surface area contributed by atoms with E-state index in [1.165, 1.54) is 0 Å². The van der Waals surface area contributed by atoms with Crippen molar-refractivity contribution in [2.24, 2.45) is 5.92 Å². The van der Waals surface area contributed by atoms with Crippen molar-refractivity contribution in [3.05, 3.63) is 23.9 Å². The van der Waals surface area contributed by atoms with Crippen LogP contribution in [0.1, 0.15) is 38.2 Å². The van der Waals surface area contributed by atoms with Crippen LogP contribution in [0.3, 0.4) is 0 Å². The van der Waals surface area contributed by atoms with Crippen molar-refractivity contribution < 1.29 is 9.53 Å². The van der Waals surface area contributed by atoms with Gasteiger partial charge in [0, 0.05) is 11.8 Å². The van der Waals surface area contributed by atoms with E-state index in [0.29, 0.717) is 18.1 Å². The Labute approximate surface area is 111 Å². The largest absolute Gasteiger partial charge is 0.465 e. The van der Waals surface area contributed by atoms with Crippen LogP contribution in [0.4, 0.5) is 0 Å². The zero-order valence-corrected chi connectivity index (χ0v) is 11.6. The monoisotopic (exact) mass is 262 g/mol. The molecule has 102 valence electrons. The summed E-state index contributed by atoms with van der Waals surface area (Å²) in [5.74, 6) is -0.0458. The summed E-state index contributed by atoms with van der Waals surface area (Å²) in [4.78, 5) is 16.3. The number of esters is 1. The summed E-state index contributed by atoms with van der Waals surface area (Å²) in [5, 5.41) is 8.22. The molecule has 2 aromatic rings. The average molecular weight is 262 g/mol. The maximum absolute atomic E-state index is 12.1. The fourth-order valence-corrected chi connectivity index (χ4v) is 2.03.